The van der Waals surface area contributed by atoms with Gasteiger partial charge in [0.15, 0.2) is 0 Å². The average Bonchev–Trinajstić information content (AvgIpc) is 2.83. The van der Waals surface area contributed by atoms with Crippen LogP contribution in [0.25, 0.3) is 0 Å². The first-order valence-corrected chi connectivity index (χ1v) is 5.83. The van der Waals surface area contributed by atoms with Crippen LogP contribution in [0.1, 0.15) is 19.4 Å². The predicted octanol–water partition coefficient (Wildman–Crippen LogP) is 3.01. The van der Waals surface area contributed by atoms with Gasteiger partial charge in [-0.15, -0.1) is 0 Å². The van der Waals surface area contributed by atoms with Crippen molar-refractivity contribution in [2.75, 3.05) is 7.11 Å². The summed E-state index contributed by atoms with van der Waals surface area (Å²) >= 11 is 5.85. The van der Waals surface area contributed by atoms with Gasteiger partial charge in [0.2, 0.25) is 5.88 Å². The highest BCUT2D eigenvalue weighted by molar-refractivity contribution is 6.29. The van der Waals surface area contributed by atoms with Crippen molar-refractivity contribution in [1.29, 1.82) is 0 Å². The average molecular weight is 254 g/mol. The van der Waals surface area contributed by atoms with Gasteiger partial charge in [0.1, 0.15) is 5.15 Å². The van der Waals surface area contributed by atoms with E-state index in [-0.39, 0.29) is 0 Å². The fourth-order valence-corrected chi connectivity index (χ4v) is 1.52. The lowest BCUT2D eigenvalue weighted by Crippen LogP contribution is -2.01. The number of halogens is 1. The molecular weight excluding hydrogens is 238 g/mol. The SMILES string of the molecule is CC.COc1cc(Cn2cccn2)cc(Cl)n1. The molecule has 2 aromatic heterocycles. The molecule has 0 N–H and O–H groups in total. The first-order chi connectivity index (χ1) is 8.28. The first-order valence-electron chi connectivity index (χ1n) is 5.46. The summed E-state index contributed by atoms with van der Waals surface area (Å²) in [7, 11) is 1.57. The Labute approximate surface area is 106 Å². The van der Waals surface area contributed by atoms with E-state index < -0.39 is 0 Å². The Bertz CT molecular complexity index is 443. The maximum Gasteiger partial charge on any atom is 0.214 e. The van der Waals surface area contributed by atoms with Gasteiger partial charge in [0, 0.05) is 18.5 Å². The van der Waals surface area contributed by atoms with E-state index in [0.717, 1.165) is 5.56 Å². The summed E-state index contributed by atoms with van der Waals surface area (Å²) in [5, 5.41) is 4.54. The fraction of sp³-hybridized carbons (Fsp3) is 0.333. The molecule has 0 amide bonds. The number of hydrogen-bond donors (Lipinski definition) is 0. The number of methoxy groups -OCH3 is 1. The third kappa shape index (κ3) is 4.07. The minimum Gasteiger partial charge on any atom is -0.481 e. The van der Waals surface area contributed by atoms with Gasteiger partial charge in [-0.1, -0.05) is 25.4 Å². The zero-order valence-corrected chi connectivity index (χ0v) is 11.0. The van der Waals surface area contributed by atoms with Crippen LogP contribution in [0.5, 0.6) is 5.88 Å². The zero-order chi connectivity index (χ0) is 12.7. The van der Waals surface area contributed by atoms with Gasteiger partial charge >= 0.3 is 0 Å². The van der Waals surface area contributed by atoms with Crippen LogP contribution in [0.15, 0.2) is 30.6 Å². The lowest BCUT2D eigenvalue weighted by atomic mass is 10.2. The van der Waals surface area contributed by atoms with E-state index in [1.54, 1.807) is 19.4 Å². The summed E-state index contributed by atoms with van der Waals surface area (Å²) in [4.78, 5) is 4.00. The second-order valence-electron chi connectivity index (χ2n) is 3.04. The Balaban J connectivity index is 0.000000686. The minimum absolute atomic E-state index is 0.427. The number of aromatic nitrogens is 3. The van der Waals surface area contributed by atoms with Crippen LogP contribution in [-0.2, 0) is 6.54 Å². The van der Waals surface area contributed by atoms with Gasteiger partial charge in [-0.3, -0.25) is 4.68 Å². The minimum atomic E-state index is 0.427. The molecule has 2 aromatic rings. The van der Waals surface area contributed by atoms with E-state index >= 15 is 0 Å². The van der Waals surface area contributed by atoms with Crippen LogP contribution < -0.4 is 4.74 Å². The molecule has 17 heavy (non-hydrogen) atoms. The van der Waals surface area contributed by atoms with Crippen LogP contribution >= 0.6 is 11.6 Å². The van der Waals surface area contributed by atoms with E-state index in [1.807, 2.05) is 36.9 Å². The number of pyridine rings is 1. The molecule has 5 heteroatoms. The maximum atomic E-state index is 5.85. The van der Waals surface area contributed by atoms with Crippen LogP contribution in [0.2, 0.25) is 5.15 Å². The molecule has 2 heterocycles. The van der Waals surface area contributed by atoms with Crippen molar-refractivity contribution in [1.82, 2.24) is 14.8 Å². The summed E-state index contributed by atoms with van der Waals surface area (Å²) < 4.78 is 6.84. The summed E-state index contributed by atoms with van der Waals surface area (Å²) in [5.74, 6) is 0.518. The van der Waals surface area contributed by atoms with Gasteiger partial charge in [-0.2, -0.15) is 5.10 Å². The van der Waals surface area contributed by atoms with Gasteiger partial charge < -0.3 is 4.74 Å². The highest BCUT2D eigenvalue weighted by Gasteiger charge is 2.02. The Hall–Kier alpha value is -1.55. The topological polar surface area (TPSA) is 39.9 Å². The van der Waals surface area contributed by atoms with Crippen molar-refractivity contribution in [2.45, 2.75) is 20.4 Å². The van der Waals surface area contributed by atoms with Gasteiger partial charge in [-0.25, -0.2) is 4.98 Å². The van der Waals surface area contributed by atoms with Crippen molar-refractivity contribution >= 4 is 11.6 Å². The van der Waals surface area contributed by atoms with Crippen molar-refractivity contribution in [2.24, 2.45) is 0 Å². The summed E-state index contributed by atoms with van der Waals surface area (Å²) in [6.07, 6.45) is 3.63. The van der Waals surface area contributed by atoms with E-state index in [2.05, 4.69) is 10.1 Å². The smallest absolute Gasteiger partial charge is 0.214 e. The van der Waals surface area contributed by atoms with Gasteiger partial charge in [0.25, 0.3) is 0 Å². The van der Waals surface area contributed by atoms with E-state index in [0.29, 0.717) is 17.6 Å². The largest absolute Gasteiger partial charge is 0.481 e. The molecule has 0 aliphatic carbocycles. The molecule has 0 aliphatic heterocycles. The molecule has 0 aromatic carbocycles. The normalized spacial score (nSPS) is 9.41. The molecular formula is C12H16ClN3O. The molecule has 0 unspecified atom stereocenters. The van der Waals surface area contributed by atoms with Crippen LogP contribution in [0, 0.1) is 0 Å². The number of ether oxygens (including phenoxy) is 1. The van der Waals surface area contributed by atoms with E-state index in [1.165, 1.54) is 0 Å². The summed E-state index contributed by atoms with van der Waals surface area (Å²) in [5.41, 5.74) is 1.01. The molecule has 0 aliphatic rings. The highest BCUT2D eigenvalue weighted by atomic mass is 35.5. The molecule has 0 fully saturated rings. The molecule has 0 spiro atoms. The standard InChI is InChI=1S/C10H10ClN3O.C2H6/c1-15-10-6-8(5-9(11)13-10)7-14-4-2-3-12-14;1-2/h2-6H,7H2,1H3;1-2H3. The fourth-order valence-electron chi connectivity index (χ4n) is 1.30. The molecule has 2 rings (SSSR count). The van der Waals surface area contributed by atoms with E-state index in [4.69, 9.17) is 16.3 Å². The quantitative estimate of drug-likeness (QED) is 0.790. The van der Waals surface area contributed by atoms with Crippen LogP contribution in [-0.4, -0.2) is 21.9 Å². The molecule has 4 nitrogen and oxygen atoms in total. The Morgan fingerprint density at radius 2 is 2.12 bits per heavy atom. The number of nitrogens with zero attached hydrogens (tertiary/aromatic N) is 3. The molecule has 92 valence electrons. The van der Waals surface area contributed by atoms with E-state index in [9.17, 15) is 0 Å². The molecule has 0 saturated carbocycles. The first kappa shape index (κ1) is 13.5. The Morgan fingerprint density at radius 1 is 1.35 bits per heavy atom. The second kappa shape index (κ2) is 6.91. The summed E-state index contributed by atoms with van der Waals surface area (Å²) in [6, 6.07) is 5.51. The van der Waals surface area contributed by atoms with Gasteiger partial charge in [-0.05, 0) is 17.7 Å². The van der Waals surface area contributed by atoms with Crippen LogP contribution in [0.3, 0.4) is 0 Å². The van der Waals surface area contributed by atoms with Gasteiger partial charge in [0.05, 0.1) is 13.7 Å². The number of hydrogen-bond acceptors (Lipinski definition) is 3. The Morgan fingerprint density at radius 3 is 2.71 bits per heavy atom. The zero-order valence-electron chi connectivity index (χ0n) is 10.2. The highest BCUT2D eigenvalue weighted by Crippen LogP contribution is 2.16. The summed E-state index contributed by atoms with van der Waals surface area (Å²) in [6.45, 7) is 4.66. The van der Waals surface area contributed by atoms with Crippen LogP contribution in [0.4, 0.5) is 0 Å². The van der Waals surface area contributed by atoms with Crippen molar-refractivity contribution in [3.8, 4) is 5.88 Å². The molecule has 0 atom stereocenters. The second-order valence-corrected chi connectivity index (χ2v) is 3.43. The Kier molecular flexibility index (Phi) is 5.49. The van der Waals surface area contributed by atoms with Crippen molar-refractivity contribution < 1.29 is 4.74 Å². The lowest BCUT2D eigenvalue weighted by Gasteiger charge is -2.05. The molecule has 0 bridgehead atoms. The predicted molar refractivity (Wildman–Crippen MR) is 68.5 cm³/mol. The van der Waals surface area contributed by atoms with Crippen molar-refractivity contribution in [3.63, 3.8) is 0 Å². The maximum absolute atomic E-state index is 5.85. The number of rotatable bonds is 3. The third-order valence-electron chi connectivity index (χ3n) is 1.94. The monoisotopic (exact) mass is 253 g/mol. The lowest BCUT2D eigenvalue weighted by molar-refractivity contribution is 0.397. The molecule has 0 radical (unpaired) electrons. The molecule has 0 saturated heterocycles. The third-order valence-corrected chi connectivity index (χ3v) is 2.14. The van der Waals surface area contributed by atoms with Crippen molar-refractivity contribution in [3.05, 3.63) is 41.3 Å².